The lowest BCUT2D eigenvalue weighted by molar-refractivity contribution is 0.0973. The third-order valence-electron chi connectivity index (χ3n) is 3.53. The van der Waals surface area contributed by atoms with Gasteiger partial charge in [-0.3, -0.25) is 4.79 Å². The number of rotatable bonds is 3. The van der Waals surface area contributed by atoms with Crippen LogP contribution in [0, 0.1) is 12.7 Å². The summed E-state index contributed by atoms with van der Waals surface area (Å²) in [5.74, 6) is -0.318. The fraction of sp³-hybridized carbons (Fsp3) is 0.118. The Kier molecular flexibility index (Phi) is 3.64. The van der Waals surface area contributed by atoms with Crippen LogP contribution in [0.5, 0.6) is 0 Å². The molecule has 3 aromatic rings. The van der Waals surface area contributed by atoms with Crippen molar-refractivity contribution in [2.75, 3.05) is 0 Å². The van der Waals surface area contributed by atoms with E-state index in [2.05, 4.69) is 15.9 Å². The smallest absolute Gasteiger partial charge is 0.182 e. The molecule has 0 amide bonds. The Morgan fingerprint density at radius 2 is 2.00 bits per heavy atom. The van der Waals surface area contributed by atoms with E-state index in [1.807, 2.05) is 35.0 Å². The van der Waals surface area contributed by atoms with Gasteiger partial charge in [0.05, 0.1) is 6.54 Å². The summed E-state index contributed by atoms with van der Waals surface area (Å²) in [5, 5.41) is 1.08. The molecule has 0 saturated carbocycles. The van der Waals surface area contributed by atoms with Gasteiger partial charge < -0.3 is 4.57 Å². The van der Waals surface area contributed by atoms with Crippen molar-refractivity contribution in [2.45, 2.75) is 13.5 Å². The molecule has 1 aromatic heterocycles. The van der Waals surface area contributed by atoms with Crippen molar-refractivity contribution in [3.8, 4) is 0 Å². The van der Waals surface area contributed by atoms with Gasteiger partial charge in [-0.05, 0) is 55.0 Å². The third kappa shape index (κ3) is 2.76. The highest BCUT2D eigenvalue weighted by Gasteiger charge is 2.10. The number of ketones is 1. The Morgan fingerprint density at radius 3 is 2.76 bits per heavy atom. The van der Waals surface area contributed by atoms with Crippen LogP contribution >= 0.6 is 15.9 Å². The molecule has 0 aliphatic rings. The van der Waals surface area contributed by atoms with Crippen LogP contribution in [-0.4, -0.2) is 10.4 Å². The largest absolute Gasteiger partial charge is 0.340 e. The molecule has 3 rings (SSSR count). The van der Waals surface area contributed by atoms with Crippen LogP contribution in [0.2, 0.25) is 0 Å². The van der Waals surface area contributed by atoms with Gasteiger partial charge in [-0.2, -0.15) is 0 Å². The quantitative estimate of drug-likeness (QED) is 0.628. The molecule has 2 aromatic carbocycles. The topological polar surface area (TPSA) is 22.0 Å². The SMILES string of the molecule is Cc1cc(C(=O)Cn2ccc3cc(Br)ccc32)ccc1F. The van der Waals surface area contributed by atoms with Crippen LogP contribution in [-0.2, 0) is 6.54 Å². The molecule has 0 radical (unpaired) electrons. The van der Waals surface area contributed by atoms with Crippen LogP contribution < -0.4 is 0 Å². The van der Waals surface area contributed by atoms with Gasteiger partial charge in [0.15, 0.2) is 5.78 Å². The summed E-state index contributed by atoms with van der Waals surface area (Å²) in [6.07, 6.45) is 1.89. The lowest BCUT2D eigenvalue weighted by Crippen LogP contribution is -2.10. The van der Waals surface area contributed by atoms with Crippen LogP contribution in [0.3, 0.4) is 0 Å². The Morgan fingerprint density at radius 1 is 1.19 bits per heavy atom. The maximum atomic E-state index is 13.3. The highest BCUT2D eigenvalue weighted by atomic mass is 79.9. The van der Waals surface area contributed by atoms with E-state index < -0.39 is 0 Å². The van der Waals surface area contributed by atoms with Crippen molar-refractivity contribution in [2.24, 2.45) is 0 Å². The molecule has 0 spiro atoms. The number of carbonyl (C=O) groups excluding carboxylic acids is 1. The Labute approximate surface area is 130 Å². The summed E-state index contributed by atoms with van der Waals surface area (Å²) >= 11 is 3.43. The molecule has 0 N–H and O–H groups in total. The summed E-state index contributed by atoms with van der Waals surface area (Å²) in [6, 6.07) is 12.4. The average Bonchev–Trinajstić information content (AvgIpc) is 2.84. The number of halogens is 2. The lowest BCUT2D eigenvalue weighted by Gasteiger charge is -2.06. The average molecular weight is 346 g/mol. The van der Waals surface area contributed by atoms with Gasteiger partial charge in [0.1, 0.15) is 5.82 Å². The third-order valence-corrected chi connectivity index (χ3v) is 4.02. The zero-order valence-corrected chi connectivity index (χ0v) is 13.0. The summed E-state index contributed by atoms with van der Waals surface area (Å²) < 4.78 is 16.2. The maximum absolute atomic E-state index is 13.3. The molecule has 0 unspecified atom stereocenters. The van der Waals surface area contributed by atoms with Crippen molar-refractivity contribution in [1.82, 2.24) is 4.57 Å². The second kappa shape index (κ2) is 5.45. The molecule has 4 heteroatoms. The van der Waals surface area contributed by atoms with Crippen LogP contribution in [0.25, 0.3) is 10.9 Å². The van der Waals surface area contributed by atoms with E-state index in [1.54, 1.807) is 13.0 Å². The zero-order valence-electron chi connectivity index (χ0n) is 11.4. The highest BCUT2D eigenvalue weighted by Crippen LogP contribution is 2.21. The standard InChI is InChI=1S/C17H13BrFNO/c1-11-8-13(2-4-15(11)19)17(21)10-20-7-6-12-9-14(18)3-5-16(12)20/h2-9H,10H2,1H3. The first-order valence-electron chi connectivity index (χ1n) is 6.58. The summed E-state index contributed by atoms with van der Waals surface area (Å²) in [5.41, 5.74) is 2.03. The van der Waals surface area contributed by atoms with E-state index in [0.29, 0.717) is 11.1 Å². The molecule has 2 nitrogen and oxygen atoms in total. The van der Waals surface area contributed by atoms with Gasteiger partial charge in [-0.1, -0.05) is 15.9 Å². The number of aryl methyl sites for hydroxylation is 1. The molecular formula is C17H13BrFNO. The second-order valence-electron chi connectivity index (χ2n) is 5.03. The number of benzene rings is 2. The number of carbonyl (C=O) groups is 1. The van der Waals surface area contributed by atoms with Gasteiger partial charge in [0.2, 0.25) is 0 Å². The number of Topliss-reactive ketones (excluding diaryl/α,β-unsaturated/α-hetero) is 1. The monoisotopic (exact) mass is 345 g/mol. The summed E-state index contributed by atoms with van der Waals surface area (Å²) in [6.45, 7) is 1.91. The van der Waals surface area contributed by atoms with E-state index in [9.17, 15) is 9.18 Å². The van der Waals surface area contributed by atoms with Crippen LogP contribution in [0.15, 0.2) is 53.1 Å². The first-order valence-corrected chi connectivity index (χ1v) is 7.37. The van der Waals surface area contributed by atoms with Gasteiger partial charge in [-0.25, -0.2) is 4.39 Å². The predicted molar refractivity (Wildman–Crippen MR) is 85.1 cm³/mol. The van der Waals surface area contributed by atoms with Crippen molar-refractivity contribution < 1.29 is 9.18 Å². The molecule has 1 heterocycles. The predicted octanol–water partition coefficient (Wildman–Crippen LogP) is 4.73. The molecule has 0 aliphatic carbocycles. The lowest BCUT2D eigenvalue weighted by atomic mass is 10.1. The number of fused-ring (bicyclic) bond motifs is 1. The molecule has 0 bridgehead atoms. The number of nitrogens with zero attached hydrogens (tertiary/aromatic N) is 1. The fourth-order valence-electron chi connectivity index (χ4n) is 2.37. The van der Waals surface area contributed by atoms with Gasteiger partial charge in [-0.15, -0.1) is 0 Å². The molecule has 0 atom stereocenters. The van der Waals surface area contributed by atoms with Gasteiger partial charge in [0.25, 0.3) is 0 Å². The first-order chi connectivity index (χ1) is 10.0. The summed E-state index contributed by atoms with van der Waals surface area (Å²) in [7, 11) is 0. The van der Waals surface area contributed by atoms with E-state index in [4.69, 9.17) is 0 Å². The number of hydrogen-bond donors (Lipinski definition) is 0. The van der Waals surface area contributed by atoms with Crippen molar-refractivity contribution in [1.29, 1.82) is 0 Å². The normalized spacial score (nSPS) is 11.0. The number of hydrogen-bond acceptors (Lipinski definition) is 1. The van der Waals surface area contributed by atoms with Gasteiger partial charge >= 0.3 is 0 Å². The highest BCUT2D eigenvalue weighted by molar-refractivity contribution is 9.10. The maximum Gasteiger partial charge on any atom is 0.182 e. The van der Waals surface area contributed by atoms with Crippen molar-refractivity contribution in [3.05, 3.63) is 70.1 Å². The Balaban J connectivity index is 1.91. The molecular weight excluding hydrogens is 333 g/mol. The number of aromatic nitrogens is 1. The van der Waals surface area contributed by atoms with Crippen LogP contribution in [0.1, 0.15) is 15.9 Å². The second-order valence-corrected chi connectivity index (χ2v) is 5.95. The van der Waals surface area contributed by atoms with Crippen molar-refractivity contribution in [3.63, 3.8) is 0 Å². The molecule has 106 valence electrons. The van der Waals surface area contributed by atoms with E-state index in [0.717, 1.165) is 15.4 Å². The van der Waals surface area contributed by atoms with E-state index >= 15 is 0 Å². The van der Waals surface area contributed by atoms with E-state index in [1.165, 1.54) is 12.1 Å². The molecule has 0 aliphatic heterocycles. The Bertz CT molecular complexity index is 838. The molecule has 0 saturated heterocycles. The van der Waals surface area contributed by atoms with Crippen molar-refractivity contribution >= 4 is 32.6 Å². The van der Waals surface area contributed by atoms with Crippen LogP contribution in [0.4, 0.5) is 4.39 Å². The molecule has 0 fully saturated rings. The fourth-order valence-corrected chi connectivity index (χ4v) is 2.75. The molecule has 21 heavy (non-hydrogen) atoms. The Hall–Kier alpha value is -1.94. The first kappa shape index (κ1) is 14.0. The minimum Gasteiger partial charge on any atom is -0.340 e. The zero-order chi connectivity index (χ0) is 15.0. The minimum atomic E-state index is -0.289. The van der Waals surface area contributed by atoms with E-state index in [-0.39, 0.29) is 18.1 Å². The summed E-state index contributed by atoms with van der Waals surface area (Å²) in [4.78, 5) is 12.3. The van der Waals surface area contributed by atoms with Gasteiger partial charge in [0, 0.05) is 27.1 Å². The minimum absolute atomic E-state index is 0.0291.